The summed E-state index contributed by atoms with van der Waals surface area (Å²) in [5, 5.41) is 6.10. The molecule has 1 unspecified atom stereocenters. The zero-order chi connectivity index (χ0) is 35.4. The van der Waals surface area contributed by atoms with Crippen molar-refractivity contribution in [2.75, 3.05) is 64.1 Å². The first kappa shape index (κ1) is 33.9. The van der Waals surface area contributed by atoms with Gasteiger partial charge >= 0.3 is 12.2 Å². The van der Waals surface area contributed by atoms with Gasteiger partial charge in [-0.25, -0.2) is 18.3 Å². The third-order valence-corrected chi connectivity index (χ3v) is 11.4. The van der Waals surface area contributed by atoms with Crippen LogP contribution >= 0.6 is 11.6 Å². The van der Waals surface area contributed by atoms with Crippen molar-refractivity contribution in [1.82, 2.24) is 29.6 Å². The predicted molar refractivity (Wildman–Crippen MR) is 186 cm³/mol. The highest BCUT2D eigenvalue weighted by Gasteiger charge is 2.49. The number of pyridine rings is 1. The molecule has 52 heavy (non-hydrogen) atoms. The lowest BCUT2D eigenvalue weighted by Gasteiger charge is -2.31. The van der Waals surface area contributed by atoms with E-state index in [0.717, 1.165) is 38.6 Å². The number of hydrogen-bond acceptors (Lipinski definition) is 12. The van der Waals surface area contributed by atoms with Crippen LogP contribution < -0.4 is 9.64 Å². The van der Waals surface area contributed by atoms with Crippen molar-refractivity contribution in [1.29, 1.82) is 0 Å². The van der Waals surface area contributed by atoms with Gasteiger partial charge in [-0.15, -0.1) is 0 Å². The van der Waals surface area contributed by atoms with Crippen molar-refractivity contribution in [3.63, 3.8) is 0 Å². The number of ether oxygens (including phenoxy) is 5. The topological polar surface area (TPSA) is 126 Å². The molecule has 0 aliphatic carbocycles. The van der Waals surface area contributed by atoms with E-state index in [2.05, 4.69) is 9.88 Å². The summed E-state index contributed by atoms with van der Waals surface area (Å²) in [5.41, 5.74) is 1.40. The van der Waals surface area contributed by atoms with Gasteiger partial charge in [0.05, 0.1) is 49.0 Å². The number of fused-ring (bicyclic) bond motifs is 8. The number of hydrogen-bond donors (Lipinski definition) is 0. The standard InChI is InChI=1S/C36H40ClF2N7O6/c37-26-13-27-24(16-41-46(27)28-6-1-2-10-49-28)29-23(26)5-3-11-50-35(47)52-22-18-44(9-12-48-19-22)33-25-15-40-32(29)30(39)31(25)42-34(43-33)51-20-36-7-4-8-45(36)17-21(38)14-36/h13,15-16,21-22,28H,1-12,14,17-20H2/t21-,22+,28?,36+/m1/s1. The Balaban J connectivity index is 1.21. The molecule has 0 radical (unpaired) electrons. The van der Waals surface area contributed by atoms with Gasteiger partial charge < -0.3 is 28.6 Å². The number of carbonyl (C=O) groups excluding carboxylic acids is 1. The Bertz CT molecular complexity index is 2010. The molecule has 1 aromatic carbocycles. The normalized spacial score (nSPS) is 27.1. The highest BCUT2D eigenvalue weighted by atomic mass is 35.5. The fourth-order valence-electron chi connectivity index (χ4n) is 8.63. The summed E-state index contributed by atoms with van der Waals surface area (Å²) in [6.45, 7) is 3.04. The smallest absolute Gasteiger partial charge is 0.461 e. The minimum Gasteiger partial charge on any atom is -0.461 e. The lowest BCUT2D eigenvalue weighted by Crippen LogP contribution is -2.43. The molecule has 6 aliphatic rings. The Hall–Kier alpha value is -3.92. The molecule has 9 heterocycles. The fraction of sp³-hybridized carbons (Fsp3) is 0.583. The Labute approximate surface area is 303 Å². The molecule has 0 saturated carbocycles. The van der Waals surface area contributed by atoms with Crippen LogP contribution in [0.1, 0.15) is 56.7 Å². The maximum Gasteiger partial charge on any atom is 0.508 e. The van der Waals surface area contributed by atoms with E-state index in [0.29, 0.717) is 83.8 Å². The molecule has 13 nitrogen and oxygen atoms in total. The Kier molecular flexibility index (Phi) is 9.00. The molecule has 3 aromatic heterocycles. The molecule has 0 N–H and O–H groups in total. The van der Waals surface area contributed by atoms with E-state index in [-0.39, 0.29) is 49.8 Å². The first-order chi connectivity index (χ1) is 25.4. The van der Waals surface area contributed by atoms with Crippen LogP contribution in [0.3, 0.4) is 0 Å². The lowest BCUT2D eigenvalue weighted by molar-refractivity contribution is -0.0366. The van der Waals surface area contributed by atoms with Crippen LogP contribution in [-0.4, -0.2) is 113 Å². The third-order valence-electron chi connectivity index (χ3n) is 11.1. The largest absolute Gasteiger partial charge is 0.508 e. The molecule has 6 aliphatic heterocycles. The van der Waals surface area contributed by atoms with Crippen LogP contribution in [0.25, 0.3) is 33.1 Å². The second-order valence-corrected chi connectivity index (χ2v) is 14.8. The van der Waals surface area contributed by atoms with Crippen LogP contribution in [0.5, 0.6) is 6.01 Å². The van der Waals surface area contributed by atoms with Gasteiger partial charge in [0, 0.05) is 48.3 Å². The van der Waals surface area contributed by atoms with E-state index in [1.165, 1.54) is 0 Å². The summed E-state index contributed by atoms with van der Waals surface area (Å²) in [4.78, 5) is 31.0. The maximum absolute atomic E-state index is 17.4. The van der Waals surface area contributed by atoms with Crippen LogP contribution in [-0.2, 0) is 25.4 Å². The minimum absolute atomic E-state index is 0.0109. The second-order valence-electron chi connectivity index (χ2n) is 14.4. The van der Waals surface area contributed by atoms with Crippen molar-refractivity contribution in [3.05, 3.63) is 34.9 Å². The van der Waals surface area contributed by atoms with Gasteiger partial charge in [0.1, 0.15) is 35.9 Å². The van der Waals surface area contributed by atoms with Gasteiger partial charge in [0.2, 0.25) is 0 Å². The van der Waals surface area contributed by atoms with Gasteiger partial charge in [0.25, 0.3) is 0 Å². The molecule has 0 amide bonds. The van der Waals surface area contributed by atoms with Crippen molar-refractivity contribution in [3.8, 4) is 17.3 Å². The van der Waals surface area contributed by atoms with E-state index in [4.69, 9.17) is 50.4 Å². The average molecular weight is 740 g/mol. The summed E-state index contributed by atoms with van der Waals surface area (Å²) in [5.74, 6) is -0.313. The highest BCUT2D eigenvalue weighted by molar-refractivity contribution is 6.33. The van der Waals surface area contributed by atoms with E-state index >= 15 is 4.39 Å². The second kappa shape index (κ2) is 13.8. The van der Waals surface area contributed by atoms with Gasteiger partial charge in [-0.05, 0) is 63.1 Å². The third kappa shape index (κ3) is 6.08. The maximum atomic E-state index is 17.4. The number of anilines is 1. The van der Waals surface area contributed by atoms with Crippen molar-refractivity contribution in [2.24, 2.45) is 0 Å². The van der Waals surface area contributed by atoms with E-state index in [1.807, 2.05) is 11.0 Å². The molecular weight excluding hydrogens is 700 g/mol. The molecule has 10 rings (SSSR count). The van der Waals surface area contributed by atoms with Gasteiger partial charge in [-0.1, -0.05) is 11.6 Å². The zero-order valence-electron chi connectivity index (χ0n) is 28.7. The number of benzene rings is 1. The fourth-order valence-corrected chi connectivity index (χ4v) is 8.92. The first-order valence-electron chi connectivity index (χ1n) is 18.2. The Morgan fingerprint density at radius 1 is 1.06 bits per heavy atom. The molecular formula is C36H40ClF2N7O6. The van der Waals surface area contributed by atoms with Gasteiger partial charge in [-0.2, -0.15) is 15.1 Å². The summed E-state index contributed by atoms with van der Waals surface area (Å²) in [7, 11) is 0. The number of rotatable bonds is 4. The molecule has 0 spiro atoms. The quantitative estimate of drug-likeness (QED) is 0.235. The minimum atomic E-state index is -0.937. The number of halogens is 3. The number of nitrogens with zero attached hydrogens (tertiary/aromatic N) is 7. The molecule has 4 saturated heterocycles. The predicted octanol–water partition coefficient (Wildman–Crippen LogP) is 5.79. The van der Waals surface area contributed by atoms with Crippen LogP contribution in [0.15, 0.2) is 18.5 Å². The van der Waals surface area contributed by atoms with E-state index in [9.17, 15) is 9.18 Å². The van der Waals surface area contributed by atoms with Crippen LogP contribution in [0.4, 0.5) is 19.4 Å². The van der Waals surface area contributed by atoms with E-state index in [1.54, 1.807) is 17.1 Å². The summed E-state index contributed by atoms with van der Waals surface area (Å²) in [6.07, 6.45) is 6.16. The summed E-state index contributed by atoms with van der Waals surface area (Å²) in [6, 6.07) is 1.79. The molecule has 6 bridgehead atoms. The zero-order valence-corrected chi connectivity index (χ0v) is 29.5. The van der Waals surface area contributed by atoms with Crippen molar-refractivity contribution < 1.29 is 37.3 Å². The van der Waals surface area contributed by atoms with Crippen molar-refractivity contribution >= 4 is 45.4 Å². The first-order valence-corrected chi connectivity index (χ1v) is 18.6. The number of alkyl halides is 1. The van der Waals surface area contributed by atoms with Crippen LogP contribution in [0, 0.1) is 5.82 Å². The van der Waals surface area contributed by atoms with Crippen LogP contribution in [0.2, 0.25) is 5.02 Å². The number of carbonyl (C=O) groups is 1. The highest BCUT2D eigenvalue weighted by Crippen LogP contribution is 2.43. The SMILES string of the molecule is O=C1OCCCc2c(Cl)cc3c(cnn3C3CCCCO3)c2-c2ncc3c(nc(OC[C@@]45CCCN4C[C@H](F)C5)nc3c2F)N2CCOC[C@H](C2)O1. The molecule has 4 atom stereocenters. The number of aromatic nitrogens is 5. The van der Waals surface area contributed by atoms with Gasteiger partial charge in [-0.3, -0.25) is 9.88 Å². The average Bonchev–Trinajstić information content (AvgIpc) is 3.76. The Morgan fingerprint density at radius 2 is 1.98 bits per heavy atom. The van der Waals surface area contributed by atoms with Gasteiger partial charge in [0.15, 0.2) is 12.0 Å². The molecule has 4 aromatic rings. The van der Waals surface area contributed by atoms with Crippen molar-refractivity contribution in [2.45, 2.75) is 75.4 Å². The molecule has 4 fully saturated rings. The lowest BCUT2D eigenvalue weighted by atomic mass is 9.95. The van der Waals surface area contributed by atoms with E-state index < -0.39 is 29.8 Å². The summed E-state index contributed by atoms with van der Waals surface area (Å²) < 4.78 is 63.1. The summed E-state index contributed by atoms with van der Waals surface area (Å²) >= 11 is 7.03. The Morgan fingerprint density at radius 3 is 2.87 bits per heavy atom. The molecule has 16 heteroatoms. The molecule has 276 valence electrons. The monoisotopic (exact) mass is 739 g/mol.